The molecule has 0 aliphatic carbocycles. The van der Waals surface area contributed by atoms with Gasteiger partial charge in [0.25, 0.3) is 0 Å². The van der Waals surface area contributed by atoms with Gasteiger partial charge in [0.1, 0.15) is 0 Å². The van der Waals surface area contributed by atoms with Crippen molar-refractivity contribution >= 4 is 15.9 Å². The van der Waals surface area contributed by atoms with Crippen LogP contribution in [0.2, 0.25) is 0 Å². The molecule has 1 atom stereocenters. The monoisotopic (exact) mass is 359 g/mol. The van der Waals surface area contributed by atoms with Crippen LogP contribution in [0.5, 0.6) is 0 Å². The Hall–Kier alpha value is -1.44. The minimum absolute atomic E-state index is 0.386. The molecule has 7 heteroatoms. The van der Waals surface area contributed by atoms with Gasteiger partial charge in [-0.2, -0.15) is 13.2 Å². The number of rotatable bonds is 4. The molecular weight excluding hydrogens is 347 g/mol. The molecule has 112 valence electrons. The summed E-state index contributed by atoms with van der Waals surface area (Å²) in [6, 6.07) is 8.41. The van der Waals surface area contributed by atoms with Crippen LogP contribution in [0.4, 0.5) is 13.2 Å². The third-order valence-corrected chi connectivity index (χ3v) is 3.76. The molecule has 3 nitrogen and oxygen atoms in total. The van der Waals surface area contributed by atoms with Crippen LogP contribution in [-0.2, 0) is 12.6 Å². The Morgan fingerprint density at radius 3 is 2.57 bits per heavy atom. The van der Waals surface area contributed by atoms with E-state index in [4.69, 9.17) is 5.84 Å². The minimum atomic E-state index is -4.39. The first kappa shape index (κ1) is 15.9. The smallest absolute Gasteiger partial charge is 0.271 e. The number of hydrogen-bond acceptors (Lipinski definition) is 3. The molecule has 0 bridgehead atoms. The summed E-state index contributed by atoms with van der Waals surface area (Å²) in [6.45, 7) is 0. The summed E-state index contributed by atoms with van der Waals surface area (Å²) in [7, 11) is 0. The van der Waals surface area contributed by atoms with Gasteiger partial charge in [-0.15, -0.1) is 0 Å². The lowest BCUT2D eigenvalue weighted by atomic mass is 10.00. The summed E-state index contributed by atoms with van der Waals surface area (Å²) in [5.74, 6) is 5.50. The van der Waals surface area contributed by atoms with E-state index in [2.05, 4.69) is 26.3 Å². The van der Waals surface area contributed by atoms with Crippen LogP contribution < -0.4 is 11.3 Å². The van der Waals surface area contributed by atoms with Crippen molar-refractivity contribution in [3.63, 3.8) is 0 Å². The van der Waals surface area contributed by atoms with E-state index in [1.54, 1.807) is 18.3 Å². The van der Waals surface area contributed by atoms with Gasteiger partial charge in [0, 0.05) is 22.8 Å². The number of nitrogens with zero attached hydrogens (tertiary/aromatic N) is 1. The van der Waals surface area contributed by atoms with Gasteiger partial charge in [-0.3, -0.25) is 16.3 Å². The van der Waals surface area contributed by atoms with E-state index >= 15 is 0 Å². The molecule has 0 spiro atoms. The zero-order chi connectivity index (χ0) is 15.5. The number of hydrazine groups is 1. The molecule has 0 radical (unpaired) electrons. The number of benzene rings is 1. The highest BCUT2D eigenvalue weighted by atomic mass is 79.9. The topological polar surface area (TPSA) is 50.9 Å². The lowest BCUT2D eigenvalue weighted by Gasteiger charge is -2.19. The van der Waals surface area contributed by atoms with Gasteiger partial charge in [-0.25, -0.2) is 0 Å². The Bertz CT molecular complexity index is 602. The largest absolute Gasteiger partial charge is 0.416 e. The molecular formula is C14H13BrF3N3. The van der Waals surface area contributed by atoms with Crippen molar-refractivity contribution in [3.05, 3.63) is 63.9 Å². The summed E-state index contributed by atoms with van der Waals surface area (Å²) in [6.07, 6.45) is -2.37. The second kappa shape index (κ2) is 6.55. The van der Waals surface area contributed by atoms with Gasteiger partial charge in [-0.1, -0.05) is 22.0 Å². The molecule has 0 saturated heterocycles. The van der Waals surface area contributed by atoms with Crippen LogP contribution in [0.15, 0.2) is 47.1 Å². The van der Waals surface area contributed by atoms with Gasteiger partial charge in [0.15, 0.2) is 0 Å². The van der Waals surface area contributed by atoms with Crippen molar-refractivity contribution in [1.29, 1.82) is 0 Å². The lowest BCUT2D eigenvalue weighted by molar-refractivity contribution is -0.137. The fourth-order valence-electron chi connectivity index (χ4n) is 1.97. The molecule has 0 aliphatic heterocycles. The van der Waals surface area contributed by atoms with E-state index in [0.717, 1.165) is 17.8 Å². The molecule has 1 heterocycles. The number of nitrogens with one attached hydrogen (secondary N) is 1. The van der Waals surface area contributed by atoms with Crippen LogP contribution in [0, 0.1) is 0 Å². The SMILES string of the molecule is NNC(Cc1ccccn1)c1cc(C(F)(F)F)ccc1Br. The second-order valence-corrected chi connectivity index (χ2v) is 5.33. The van der Waals surface area contributed by atoms with Crippen molar-refractivity contribution in [1.82, 2.24) is 10.4 Å². The maximum atomic E-state index is 12.8. The van der Waals surface area contributed by atoms with E-state index < -0.39 is 17.8 Å². The number of halogens is 4. The standard InChI is InChI=1S/C14H13BrF3N3/c15-12-5-4-9(14(16,17)18)7-11(12)13(21-19)8-10-3-1-2-6-20-10/h1-7,13,21H,8,19H2. The molecule has 21 heavy (non-hydrogen) atoms. The first-order chi connectivity index (χ1) is 9.91. The van der Waals surface area contributed by atoms with Crippen molar-refractivity contribution in [2.75, 3.05) is 0 Å². The first-order valence-corrected chi connectivity index (χ1v) is 6.94. The Kier molecular flexibility index (Phi) is 4.97. The highest BCUT2D eigenvalue weighted by molar-refractivity contribution is 9.10. The summed E-state index contributed by atoms with van der Waals surface area (Å²) < 4.78 is 39.0. The average Bonchev–Trinajstić information content (AvgIpc) is 2.45. The van der Waals surface area contributed by atoms with Crippen molar-refractivity contribution < 1.29 is 13.2 Å². The molecule has 1 aromatic carbocycles. The van der Waals surface area contributed by atoms with Crippen LogP contribution in [-0.4, -0.2) is 4.98 Å². The Balaban J connectivity index is 2.33. The number of hydrogen-bond donors (Lipinski definition) is 2. The van der Waals surface area contributed by atoms with Gasteiger partial charge >= 0.3 is 6.18 Å². The highest BCUT2D eigenvalue weighted by Gasteiger charge is 2.31. The van der Waals surface area contributed by atoms with Crippen molar-refractivity contribution in [3.8, 4) is 0 Å². The second-order valence-electron chi connectivity index (χ2n) is 4.48. The number of nitrogens with two attached hydrogens (primary N) is 1. The molecule has 0 fully saturated rings. The fourth-order valence-corrected chi connectivity index (χ4v) is 2.50. The summed E-state index contributed by atoms with van der Waals surface area (Å²) in [4.78, 5) is 4.16. The van der Waals surface area contributed by atoms with Gasteiger partial charge in [0.2, 0.25) is 0 Å². The predicted octanol–water partition coefficient (Wildman–Crippen LogP) is 3.61. The van der Waals surface area contributed by atoms with Crippen LogP contribution in [0.3, 0.4) is 0 Å². The Labute approximate surface area is 128 Å². The minimum Gasteiger partial charge on any atom is -0.271 e. The highest BCUT2D eigenvalue weighted by Crippen LogP contribution is 2.34. The normalized spacial score (nSPS) is 13.2. The third-order valence-electron chi connectivity index (χ3n) is 3.04. The van der Waals surface area contributed by atoms with E-state index in [9.17, 15) is 13.2 Å². The maximum absolute atomic E-state index is 12.8. The van der Waals surface area contributed by atoms with E-state index in [1.807, 2.05) is 6.07 Å². The Morgan fingerprint density at radius 1 is 1.24 bits per heavy atom. The maximum Gasteiger partial charge on any atom is 0.416 e. The van der Waals surface area contributed by atoms with Crippen LogP contribution in [0.25, 0.3) is 0 Å². The number of pyridine rings is 1. The quantitative estimate of drug-likeness (QED) is 0.647. The lowest BCUT2D eigenvalue weighted by Crippen LogP contribution is -2.30. The van der Waals surface area contributed by atoms with Gasteiger partial charge in [0.05, 0.1) is 11.6 Å². The molecule has 0 aliphatic rings. The predicted molar refractivity (Wildman–Crippen MR) is 77.1 cm³/mol. The molecule has 0 amide bonds. The summed E-state index contributed by atoms with van der Waals surface area (Å²) in [5, 5.41) is 0. The van der Waals surface area contributed by atoms with E-state index in [0.29, 0.717) is 16.5 Å². The van der Waals surface area contributed by atoms with Gasteiger partial charge < -0.3 is 0 Å². The van der Waals surface area contributed by atoms with E-state index in [-0.39, 0.29) is 0 Å². The molecule has 1 unspecified atom stereocenters. The van der Waals surface area contributed by atoms with Crippen molar-refractivity contribution in [2.45, 2.75) is 18.6 Å². The van der Waals surface area contributed by atoms with Crippen molar-refractivity contribution in [2.24, 2.45) is 5.84 Å². The molecule has 1 aromatic heterocycles. The molecule has 0 saturated carbocycles. The zero-order valence-corrected chi connectivity index (χ0v) is 12.4. The average molecular weight is 360 g/mol. The molecule has 2 rings (SSSR count). The van der Waals surface area contributed by atoms with E-state index in [1.165, 1.54) is 6.07 Å². The molecule has 2 aromatic rings. The fraction of sp³-hybridized carbons (Fsp3) is 0.214. The third kappa shape index (κ3) is 4.03. The first-order valence-electron chi connectivity index (χ1n) is 6.14. The number of alkyl halides is 3. The van der Waals surface area contributed by atoms with Gasteiger partial charge in [-0.05, 0) is 35.9 Å². The van der Waals surface area contributed by atoms with Crippen LogP contribution in [0.1, 0.15) is 22.9 Å². The number of aromatic nitrogens is 1. The van der Waals surface area contributed by atoms with Crippen LogP contribution >= 0.6 is 15.9 Å². The summed E-state index contributed by atoms with van der Waals surface area (Å²) >= 11 is 3.27. The molecule has 3 N–H and O–H groups in total. The summed E-state index contributed by atoms with van der Waals surface area (Å²) in [5.41, 5.74) is 3.03. The zero-order valence-electron chi connectivity index (χ0n) is 10.9. The Morgan fingerprint density at radius 2 is 2.00 bits per heavy atom.